The molecule has 289 valence electrons. The summed E-state index contributed by atoms with van der Waals surface area (Å²) >= 11 is 0. The predicted octanol–water partition coefficient (Wildman–Crippen LogP) is 13.5. The Morgan fingerprint density at radius 2 is 1.59 bits per heavy atom. The quantitative estimate of drug-likeness (QED) is 0.0791. The minimum atomic E-state index is -0.337. The second-order valence-electron chi connectivity index (χ2n) is 16.1. The number of benzene rings is 2. The van der Waals surface area contributed by atoms with Gasteiger partial charge in [-0.1, -0.05) is 104 Å². The van der Waals surface area contributed by atoms with Crippen LogP contribution in [0.2, 0.25) is 0 Å². The molecule has 0 fully saturated rings. The van der Waals surface area contributed by atoms with Crippen LogP contribution in [0.4, 0.5) is 0 Å². The summed E-state index contributed by atoms with van der Waals surface area (Å²) in [7, 11) is 0. The molecule has 2 aromatic carbocycles. The third kappa shape index (κ3) is 8.74. The summed E-state index contributed by atoms with van der Waals surface area (Å²) in [5.74, 6) is 1.31. The number of carbonyl (C=O) groups is 1. The third-order valence-electron chi connectivity index (χ3n) is 11.5. The zero-order valence-corrected chi connectivity index (χ0v) is 36.4. The first-order valence-corrected chi connectivity index (χ1v) is 19.3. The van der Waals surface area contributed by atoms with E-state index in [0.29, 0.717) is 5.71 Å². The first-order chi connectivity index (χ1) is 25.1. The minimum Gasteiger partial charge on any atom is -0.512 e. The molecule has 1 N–H and O–H groups in total. The van der Waals surface area contributed by atoms with Gasteiger partial charge in [-0.05, 0) is 79.5 Å². The number of aromatic nitrogens is 2. The van der Waals surface area contributed by atoms with Gasteiger partial charge in [0.2, 0.25) is 5.71 Å². The summed E-state index contributed by atoms with van der Waals surface area (Å²) < 4.78 is 12.1. The van der Waals surface area contributed by atoms with Gasteiger partial charge in [0.05, 0.1) is 6.26 Å². The summed E-state index contributed by atoms with van der Waals surface area (Å²) in [6, 6.07) is 18.5. The first kappa shape index (κ1) is 42.7. The van der Waals surface area contributed by atoms with Gasteiger partial charge < -0.3 is 13.9 Å². The molecule has 0 saturated carbocycles. The molecule has 0 saturated heterocycles. The summed E-state index contributed by atoms with van der Waals surface area (Å²) in [6.45, 7) is 23.0. The summed E-state index contributed by atoms with van der Waals surface area (Å²) in [5.41, 5.74) is 7.11. The van der Waals surface area contributed by atoms with Crippen molar-refractivity contribution in [3.63, 3.8) is 0 Å². The van der Waals surface area contributed by atoms with Crippen molar-refractivity contribution in [3.05, 3.63) is 95.9 Å². The standard InChI is InChI=1S/C32H29N2O2.C15H28O2.Ir/c1-6-7-24-13-22-9-8-20(15-29(22)36-24)25-16-28(34-31-30(25)19(2)18-35-31)23-12-21-10-11-33-17-26(21)27(14-23)32(3,4)5;1-7-14(5,8-2)12(16)11-13(17)15(6,9-3)10-4;/h8-11,13-18H,6-7H2,1-5H3;11,16H,7-10H2,1-6H3;/q-1;;/b;12-11-;. The Hall–Kier alpha value is -4.06. The van der Waals surface area contributed by atoms with Crippen LogP contribution in [-0.2, 0) is 36.7 Å². The molecule has 0 aliphatic carbocycles. The number of pyridine rings is 2. The maximum atomic E-state index is 12.2. The number of carbonyl (C=O) groups excluding carboxylic acids is 1. The predicted molar refractivity (Wildman–Crippen MR) is 219 cm³/mol. The van der Waals surface area contributed by atoms with Gasteiger partial charge in [0.15, 0.2) is 5.78 Å². The third-order valence-corrected chi connectivity index (χ3v) is 11.5. The molecule has 6 nitrogen and oxygen atoms in total. The van der Waals surface area contributed by atoms with Gasteiger partial charge in [0.1, 0.15) is 17.1 Å². The molecule has 4 aromatic heterocycles. The van der Waals surface area contributed by atoms with Crippen LogP contribution >= 0.6 is 0 Å². The second-order valence-corrected chi connectivity index (χ2v) is 16.1. The van der Waals surface area contributed by atoms with E-state index in [1.54, 1.807) is 6.26 Å². The van der Waals surface area contributed by atoms with E-state index < -0.39 is 0 Å². The number of nitrogens with zero attached hydrogens (tertiary/aromatic N) is 2. The van der Waals surface area contributed by atoms with Crippen LogP contribution in [0.3, 0.4) is 0 Å². The van der Waals surface area contributed by atoms with Crippen LogP contribution in [0.1, 0.15) is 118 Å². The maximum Gasteiger partial charge on any atom is 0.219 e. The van der Waals surface area contributed by atoms with E-state index >= 15 is 0 Å². The second kappa shape index (κ2) is 17.2. The van der Waals surface area contributed by atoms with Gasteiger partial charge in [-0.2, -0.15) is 0 Å². The van der Waals surface area contributed by atoms with Crippen molar-refractivity contribution in [1.82, 2.24) is 9.97 Å². The number of allylic oxidation sites excluding steroid dienone is 2. The van der Waals surface area contributed by atoms with Gasteiger partial charge in [0, 0.05) is 66.1 Å². The Labute approximate surface area is 335 Å². The molecule has 0 amide bonds. The van der Waals surface area contributed by atoms with Crippen molar-refractivity contribution in [3.8, 4) is 22.4 Å². The first-order valence-electron chi connectivity index (χ1n) is 19.3. The number of rotatable bonds is 11. The van der Waals surface area contributed by atoms with Crippen LogP contribution in [0.15, 0.2) is 81.8 Å². The zero-order valence-electron chi connectivity index (χ0n) is 34.0. The molecule has 7 heteroatoms. The van der Waals surface area contributed by atoms with Crippen molar-refractivity contribution in [1.29, 1.82) is 0 Å². The molecular formula is C47H57IrN2O4-. The molecule has 0 aliphatic heterocycles. The van der Waals surface area contributed by atoms with Crippen molar-refractivity contribution >= 4 is 38.6 Å². The number of ketones is 1. The molecule has 4 heterocycles. The number of furan rings is 2. The van der Waals surface area contributed by atoms with E-state index in [2.05, 4.69) is 82.1 Å². The fourth-order valence-corrected chi connectivity index (χ4v) is 6.74. The molecule has 6 aromatic rings. The van der Waals surface area contributed by atoms with Gasteiger partial charge in [-0.25, -0.2) is 0 Å². The van der Waals surface area contributed by atoms with Gasteiger partial charge in [0.25, 0.3) is 0 Å². The largest absolute Gasteiger partial charge is 0.512 e. The van der Waals surface area contributed by atoms with E-state index in [1.165, 1.54) is 11.6 Å². The molecule has 0 spiro atoms. The number of hydrogen-bond donors (Lipinski definition) is 1. The Kier molecular flexibility index (Phi) is 13.6. The van der Waals surface area contributed by atoms with Crippen molar-refractivity contribution in [2.75, 3.05) is 0 Å². The normalized spacial score (nSPS) is 12.5. The Morgan fingerprint density at radius 3 is 2.22 bits per heavy atom. The minimum absolute atomic E-state index is 0. The zero-order chi connectivity index (χ0) is 38.7. The Bertz CT molecular complexity index is 2260. The van der Waals surface area contributed by atoms with E-state index in [1.807, 2.05) is 60.0 Å². The molecule has 0 bridgehead atoms. The van der Waals surface area contributed by atoms with Crippen LogP contribution in [0.25, 0.3) is 55.2 Å². The van der Waals surface area contributed by atoms with Crippen molar-refractivity contribution in [2.24, 2.45) is 10.8 Å². The smallest absolute Gasteiger partial charge is 0.219 e. The van der Waals surface area contributed by atoms with Crippen LogP contribution in [0, 0.1) is 23.8 Å². The van der Waals surface area contributed by atoms with Gasteiger partial charge in [-0.15, -0.1) is 23.6 Å². The average Bonchev–Trinajstić information content (AvgIpc) is 3.75. The van der Waals surface area contributed by atoms with Crippen LogP contribution in [0.5, 0.6) is 0 Å². The summed E-state index contributed by atoms with van der Waals surface area (Å²) in [6.07, 6.45) is 12.3. The molecule has 1 radical (unpaired) electrons. The van der Waals surface area contributed by atoms with Crippen LogP contribution in [-0.4, -0.2) is 20.9 Å². The number of hydrogen-bond acceptors (Lipinski definition) is 6. The summed E-state index contributed by atoms with van der Waals surface area (Å²) in [5, 5.41) is 14.4. The number of aliphatic hydroxyl groups excluding tert-OH is 1. The monoisotopic (exact) mass is 906 g/mol. The molecule has 0 unspecified atom stereocenters. The molecular weight excluding hydrogens is 849 g/mol. The van der Waals surface area contributed by atoms with Gasteiger partial charge >= 0.3 is 0 Å². The number of aliphatic hydroxyl groups is 1. The number of aryl methyl sites for hydroxylation is 2. The fourth-order valence-electron chi connectivity index (χ4n) is 6.74. The average molecular weight is 906 g/mol. The number of fused-ring (bicyclic) bond motifs is 3. The van der Waals surface area contributed by atoms with Crippen molar-refractivity contribution in [2.45, 2.75) is 120 Å². The molecule has 0 aliphatic rings. The molecule has 6 rings (SSSR count). The topological polar surface area (TPSA) is 89.4 Å². The van der Waals surface area contributed by atoms with E-state index in [4.69, 9.17) is 13.8 Å². The Balaban J connectivity index is 0.000000309. The van der Waals surface area contributed by atoms with Crippen molar-refractivity contribution < 1.29 is 38.8 Å². The Morgan fingerprint density at radius 1 is 0.907 bits per heavy atom. The molecule has 0 atom stereocenters. The van der Waals surface area contributed by atoms with Gasteiger partial charge in [-0.3, -0.25) is 14.8 Å². The fraction of sp³-hybridized carbons (Fsp3) is 0.426. The maximum absolute atomic E-state index is 12.2. The van der Waals surface area contributed by atoms with E-state index in [-0.39, 0.29) is 47.9 Å². The SMILES string of the molecule is CCC(C)(CC)C(=O)/C=C(\O)C(C)(CC)CC.CCCc1cc2ccc(-c3cc(-c4[c-]c5ccncc5c(C(C)(C)C)c4)nc4occ(C)c34)cc2o1.[Ir]. The van der Waals surface area contributed by atoms with E-state index in [0.717, 1.165) is 99.4 Å². The van der Waals surface area contributed by atoms with Crippen LogP contribution < -0.4 is 0 Å². The molecule has 54 heavy (non-hydrogen) atoms. The van der Waals surface area contributed by atoms with E-state index in [9.17, 15) is 9.90 Å². The summed E-state index contributed by atoms with van der Waals surface area (Å²) in [4.78, 5) is 21.5.